The van der Waals surface area contributed by atoms with Gasteiger partial charge in [-0.25, -0.2) is 4.79 Å². The van der Waals surface area contributed by atoms with Gasteiger partial charge in [-0.3, -0.25) is 14.9 Å². The van der Waals surface area contributed by atoms with E-state index in [0.29, 0.717) is 38.8 Å². The highest BCUT2D eigenvalue weighted by molar-refractivity contribution is 6.32. The van der Waals surface area contributed by atoms with Gasteiger partial charge in [0.05, 0.1) is 31.0 Å². The number of aromatic nitrogens is 6. The number of rotatable bonds is 10. The predicted octanol–water partition coefficient (Wildman–Crippen LogP) is 4.73. The number of nitrogens with zero attached hydrogens (tertiary/aromatic N) is 7. The van der Waals surface area contributed by atoms with Gasteiger partial charge < -0.3 is 15.0 Å². The topological polar surface area (TPSA) is 157 Å². The van der Waals surface area contributed by atoms with Gasteiger partial charge in [-0.05, 0) is 72.3 Å². The number of anilines is 1. The van der Waals surface area contributed by atoms with Crippen molar-refractivity contribution >= 4 is 52.9 Å². The van der Waals surface area contributed by atoms with E-state index in [0.717, 1.165) is 0 Å². The highest BCUT2D eigenvalue weighted by Gasteiger charge is 2.24. The van der Waals surface area contributed by atoms with Crippen molar-refractivity contribution in [3.05, 3.63) is 82.4 Å². The molecule has 0 aliphatic carbocycles. The summed E-state index contributed by atoms with van der Waals surface area (Å²) in [6.07, 6.45) is 3.63. The fourth-order valence-corrected chi connectivity index (χ4v) is 4.41. The molecular weight excluding hydrogens is 609 g/mol. The van der Waals surface area contributed by atoms with Gasteiger partial charge in [0.15, 0.2) is 5.15 Å². The number of methoxy groups -OCH3 is 1. The molecule has 13 nitrogen and oxygen atoms in total. The molecule has 0 radical (unpaired) electrons. The molecule has 44 heavy (non-hydrogen) atoms. The maximum Gasteiger partial charge on any atom is 0.411 e. The van der Waals surface area contributed by atoms with Gasteiger partial charge in [0.2, 0.25) is 11.8 Å². The Labute approximate surface area is 263 Å². The number of amides is 3. The van der Waals surface area contributed by atoms with Crippen LogP contribution >= 0.6 is 23.2 Å². The number of carbonyl (C=O) groups is 3. The van der Waals surface area contributed by atoms with Crippen LogP contribution in [-0.2, 0) is 14.3 Å². The van der Waals surface area contributed by atoms with Crippen LogP contribution in [0.3, 0.4) is 0 Å². The molecular formula is C29H29Cl2N9O4. The number of tetrazole rings is 1. The normalized spacial score (nSPS) is 11.8. The average Bonchev–Trinajstić information content (AvgIpc) is 3.55. The van der Waals surface area contributed by atoms with E-state index < -0.39 is 18.0 Å². The van der Waals surface area contributed by atoms with Crippen molar-refractivity contribution in [1.82, 2.24) is 40.6 Å². The van der Waals surface area contributed by atoms with E-state index in [2.05, 4.69) is 41.1 Å². The third-order valence-corrected chi connectivity index (χ3v) is 7.13. The number of benzene rings is 2. The number of ether oxygens (including phenoxy) is 1. The first-order valence-electron chi connectivity index (χ1n) is 13.3. The molecule has 4 aromatic rings. The van der Waals surface area contributed by atoms with Gasteiger partial charge in [-0.2, -0.15) is 9.78 Å². The number of nitrogens with one attached hydrogen (secondary N) is 2. The van der Waals surface area contributed by atoms with E-state index in [1.165, 1.54) is 24.2 Å². The van der Waals surface area contributed by atoms with Crippen molar-refractivity contribution in [3.8, 4) is 16.8 Å². The van der Waals surface area contributed by atoms with E-state index in [-0.39, 0.29) is 23.5 Å². The molecule has 15 heteroatoms. The van der Waals surface area contributed by atoms with Gasteiger partial charge in [0, 0.05) is 41.0 Å². The van der Waals surface area contributed by atoms with Crippen molar-refractivity contribution in [2.75, 3.05) is 19.5 Å². The third-order valence-electron chi connectivity index (χ3n) is 6.62. The smallest absolute Gasteiger partial charge is 0.411 e. The van der Waals surface area contributed by atoms with E-state index >= 15 is 0 Å². The molecule has 2 N–H and O–H groups in total. The summed E-state index contributed by atoms with van der Waals surface area (Å²) in [5.74, 6) is -0.698. The van der Waals surface area contributed by atoms with Crippen molar-refractivity contribution in [2.45, 2.75) is 32.4 Å². The molecule has 3 amide bonds. The number of hydrogen-bond donors (Lipinski definition) is 2. The maximum absolute atomic E-state index is 13.2. The first kappa shape index (κ1) is 32.0. The minimum absolute atomic E-state index is 0.0600. The van der Waals surface area contributed by atoms with Crippen LogP contribution in [0.2, 0.25) is 10.2 Å². The minimum atomic E-state index is -0.844. The number of carbonyl (C=O) groups excluding carboxylic acids is 3. The molecule has 2 heterocycles. The Morgan fingerprint density at radius 2 is 1.82 bits per heavy atom. The monoisotopic (exact) mass is 637 g/mol. The van der Waals surface area contributed by atoms with Gasteiger partial charge in [-0.15, -0.1) is 10.2 Å². The largest absolute Gasteiger partial charge is 0.453 e. The standard InChI is InChI=1S/C29H29Cl2N9O4/c1-17(2)39(3)27(42)15-23(34-26(41)12-7-19-13-20(30)8-11-25(19)40-16-32-37-38-40)24-14-22(28(31)36-35-24)18-5-9-21(10-6-18)33-29(43)44-4/h5-14,16-17,23H,15H2,1-4H3,(H,33,43)(H,34,41)/t23-/m0/s1. The van der Waals surface area contributed by atoms with Crippen molar-refractivity contribution in [1.29, 1.82) is 0 Å². The zero-order valence-electron chi connectivity index (χ0n) is 24.2. The summed E-state index contributed by atoms with van der Waals surface area (Å²) in [7, 11) is 2.96. The van der Waals surface area contributed by atoms with Gasteiger partial charge >= 0.3 is 6.09 Å². The van der Waals surface area contributed by atoms with E-state index in [1.807, 2.05) is 13.8 Å². The van der Waals surface area contributed by atoms with Crippen LogP contribution in [0.25, 0.3) is 22.9 Å². The summed E-state index contributed by atoms with van der Waals surface area (Å²) in [5.41, 5.74) is 3.23. The first-order chi connectivity index (χ1) is 21.0. The summed E-state index contributed by atoms with van der Waals surface area (Å²) in [6, 6.07) is 12.7. The van der Waals surface area contributed by atoms with Crippen LogP contribution in [-0.4, -0.2) is 73.4 Å². The molecule has 2 aromatic carbocycles. The van der Waals surface area contributed by atoms with Crippen LogP contribution in [0.15, 0.2) is 60.9 Å². The quantitative estimate of drug-likeness (QED) is 0.234. The second-order valence-electron chi connectivity index (χ2n) is 9.82. The zero-order chi connectivity index (χ0) is 31.8. The Balaban J connectivity index is 1.63. The highest BCUT2D eigenvalue weighted by Crippen LogP contribution is 2.30. The minimum Gasteiger partial charge on any atom is -0.453 e. The average molecular weight is 639 g/mol. The lowest BCUT2D eigenvalue weighted by atomic mass is 10.0. The molecule has 0 fully saturated rings. The van der Waals surface area contributed by atoms with E-state index in [4.69, 9.17) is 23.2 Å². The Morgan fingerprint density at radius 1 is 1.07 bits per heavy atom. The molecule has 1 atom stereocenters. The molecule has 0 aliphatic rings. The summed E-state index contributed by atoms with van der Waals surface area (Å²) in [4.78, 5) is 39.4. The summed E-state index contributed by atoms with van der Waals surface area (Å²) < 4.78 is 6.07. The van der Waals surface area contributed by atoms with Gasteiger partial charge in [-0.1, -0.05) is 35.3 Å². The summed E-state index contributed by atoms with van der Waals surface area (Å²) in [5, 5.41) is 25.5. The molecule has 4 rings (SSSR count). The summed E-state index contributed by atoms with van der Waals surface area (Å²) in [6.45, 7) is 3.78. The van der Waals surface area contributed by atoms with E-state index in [1.54, 1.807) is 66.6 Å². The molecule has 2 aromatic heterocycles. The lowest BCUT2D eigenvalue weighted by Gasteiger charge is -2.25. The van der Waals surface area contributed by atoms with Crippen LogP contribution in [0.5, 0.6) is 0 Å². The zero-order valence-corrected chi connectivity index (χ0v) is 25.7. The van der Waals surface area contributed by atoms with Crippen molar-refractivity contribution in [2.24, 2.45) is 0 Å². The molecule has 228 valence electrons. The fourth-order valence-electron chi connectivity index (χ4n) is 4.03. The molecule has 0 aliphatic heterocycles. The third kappa shape index (κ3) is 8.14. The second-order valence-corrected chi connectivity index (χ2v) is 10.6. The van der Waals surface area contributed by atoms with Gasteiger partial charge in [0.1, 0.15) is 6.33 Å². The van der Waals surface area contributed by atoms with Crippen LogP contribution < -0.4 is 10.6 Å². The Kier molecular flexibility index (Phi) is 10.6. The molecule has 0 unspecified atom stereocenters. The highest BCUT2D eigenvalue weighted by atomic mass is 35.5. The summed E-state index contributed by atoms with van der Waals surface area (Å²) >= 11 is 12.6. The second kappa shape index (κ2) is 14.5. The lowest BCUT2D eigenvalue weighted by Crippen LogP contribution is -2.37. The molecule has 0 spiro atoms. The molecule has 0 bridgehead atoms. The maximum atomic E-state index is 13.2. The molecule has 0 saturated carbocycles. The molecule has 0 saturated heterocycles. The fraction of sp³-hybridized carbons (Fsp3) is 0.241. The van der Waals surface area contributed by atoms with Crippen LogP contribution in [0.1, 0.15) is 37.6 Å². The van der Waals surface area contributed by atoms with Crippen LogP contribution in [0.4, 0.5) is 10.5 Å². The number of halogens is 2. The van der Waals surface area contributed by atoms with Crippen molar-refractivity contribution in [3.63, 3.8) is 0 Å². The van der Waals surface area contributed by atoms with E-state index in [9.17, 15) is 14.4 Å². The Morgan fingerprint density at radius 3 is 2.48 bits per heavy atom. The Hall–Kier alpha value is -4.88. The SMILES string of the molecule is COC(=O)Nc1ccc(-c2cc([C@H](CC(=O)N(C)C(C)C)NC(=O)C=Cc3cc(Cl)ccc3-n3cnnn3)nnc2Cl)cc1. The van der Waals surface area contributed by atoms with Crippen LogP contribution in [0, 0.1) is 0 Å². The van der Waals surface area contributed by atoms with Gasteiger partial charge in [0.25, 0.3) is 0 Å². The lowest BCUT2D eigenvalue weighted by molar-refractivity contribution is -0.132. The Bertz CT molecular complexity index is 1660. The van der Waals surface area contributed by atoms with Crippen molar-refractivity contribution < 1.29 is 19.1 Å². The first-order valence-corrected chi connectivity index (χ1v) is 14.1. The predicted molar refractivity (Wildman–Crippen MR) is 165 cm³/mol. The number of hydrogen-bond acceptors (Lipinski definition) is 9.